The van der Waals surface area contributed by atoms with Gasteiger partial charge in [0.1, 0.15) is 17.1 Å². The number of ketones is 1. The number of Topliss-reactive ketones (excluding diaryl/α,β-unsaturated/α-hetero) is 1. The van der Waals surface area contributed by atoms with Gasteiger partial charge in [-0.05, 0) is 56.5 Å². The number of unbranched alkanes of at least 4 members (excludes halogenated alkanes) is 1. The van der Waals surface area contributed by atoms with Gasteiger partial charge in [-0.1, -0.05) is 25.1 Å². The van der Waals surface area contributed by atoms with Crippen molar-refractivity contribution in [1.82, 2.24) is 14.3 Å². The normalized spacial score (nSPS) is 11.1. The number of rotatable bonds is 11. The number of methoxy groups -OCH3 is 1. The SMILES string of the molecule is CCCn1c(C)c(C(=O)CCCCOc2ccnc3cc(OC)ccc23)c(=O)n1-c1ccccc1. The van der Waals surface area contributed by atoms with E-state index in [9.17, 15) is 9.59 Å². The van der Waals surface area contributed by atoms with Gasteiger partial charge < -0.3 is 9.47 Å². The molecule has 0 bridgehead atoms. The Morgan fingerprint density at radius 3 is 2.60 bits per heavy atom. The van der Waals surface area contributed by atoms with E-state index in [1.165, 1.54) is 0 Å². The number of nitrogens with zero attached hydrogens (tertiary/aromatic N) is 3. The molecule has 7 nitrogen and oxygen atoms in total. The van der Waals surface area contributed by atoms with Crippen molar-refractivity contribution in [3.8, 4) is 17.2 Å². The molecule has 2 aromatic carbocycles. The minimum Gasteiger partial charge on any atom is -0.497 e. The van der Waals surface area contributed by atoms with Crippen LogP contribution in [0.2, 0.25) is 0 Å². The number of fused-ring (bicyclic) bond motifs is 1. The highest BCUT2D eigenvalue weighted by atomic mass is 16.5. The van der Waals surface area contributed by atoms with Crippen LogP contribution in [0.1, 0.15) is 48.7 Å². The average Bonchev–Trinajstić information content (AvgIpc) is 3.13. The van der Waals surface area contributed by atoms with E-state index in [-0.39, 0.29) is 16.9 Å². The fraction of sp³-hybridized carbons (Fsp3) is 0.321. The van der Waals surface area contributed by atoms with Crippen molar-refractivity contribution in [2.75, 3.05) is 13.7 Å². The van der Waals surface area contributed by atoms with Gasteiger partial charge in [0.15, 0.2) is 5.78 Å². The number of carbonyl (C=O) groups excluding carboxylic acids is 1. The Balaban J connectivity index is 1.41. The molecule has 0 aliphatic rings. The summed E-state index contributed by atoms with van der Waals surface area (Å²) in [4.78, 5) is 30.7. The molecule has 0 atom stereocenters. The van der Waals surface area contributed by atoms with Gasteiger partial charge in [-0.2, -0.15) is 0 Å². The molecule has 2 heterocycles. The predicted molar refractivity (Wildman–Crippen MR) is 137 cm³/mol. The van der Waals surface area contributed by atoms with E-state index in [0.717, 1.165) is 40.2 Å². The predicted octanol–water partition coefficient (Wildman–Crippen LogP) is 5.35. The highest BCUT2D eigenvalue weighted by Crippen LogP contribution is 2.27. The number of pyridine rings is 1. The lowest BCUT2D eigenvalue weighted by Gasteiger charge is -2.12. The number of hydrogen-bond acceptors (Lipinski definition) is 5. The Kier molecular flexibility index (Phi) is 7.65. The van der Waals surface area contributed by atoms with E-state index >= 15 is 0 Å². The zero-order valence-electron chi connectivity index (χ0n) is 20.5. The van der Waals surface area contributed by atoms with E-state index in [4.69, 9.17) is 9.47 Å². The summed E-state index contributed by atoms with van der Waals surface area (Å²) < 4.78 is 14.8. The van der Waals surface area contributed by atoms with Gasteiger partial charge in [-0.15, -0.1) is 0 Å². The van der Waals surface area contributed by atoms with E-state index in [2.05, 4.69) is 11.9 Å². The van der Waals surface area contributed by atoms with Crippen LogP contribution < -0.4 is 15.0 Å². The number of ether oxygens (including phenoxy) is 2. The third-order valence-corrected chi connectivity index (χ3v) is 6.08. The van der Waals surface area contributed by atoms with Crippen LogP contribution >= 0.6 is 0 Å². The fourth-order valence-electron chi connectivity index (χ4n) is 4.32. The molecule has 182 valence electrons. The summed E-state index contributed by atoms with van der Waals surface area (Å²) in [5.41, 5.74) is 2.34. The smallest absolute Gasteiger partial charge is 0.282 e. The standard InChI is InChI=1S/C28H31N3O4/c1-4-17-30-20(2)27(28(33)31(30)21-10-6-5-7-11-21)25(32)12-8-9-18-35-26-15-16-29-24-19-22(34-3)13-14-23(24)26/h5-7,10-11,13-16,19H,4,8-9,12,17-18H2,1-3H3. The molecule has 0 aliphatic carbocycles. The first-order valence-electron chi connectivity index (χ1n) is 12.0. The van der Waals surface area contributed by atoms with Crippen LogP contribution in [0.15, 0.2) is 65.6 Å². The zero-order chi connectivity index (χ0) is 24.8. The lowest BCUT2D eigenvalue weighted by Crippen LogP contribution is -2.23. The largest absolute Gasteiger partial charge is 0.497 e. The fourth-order valence-corrected chi connectivity index (χ4v) is 4.32. The van der Waals surface area contributed by atoms with Crippen molar-refractivity contribution in [1.29, 1.82) is 0 Å². The Bertz CT molecular complexity index is 1370. The Labute approximate surface area is 204 Å². The summed E-state index contributed by atoms with van der Waals surface area (Å²) in [6, 6.07) is 17.0. The van der Waals surface area contributed by atoms with Crippen LogP contribution in [0, 0.1) is 6.92 Å². The van der Waals surface area contributed by atoms with Crippen LogP contribution in [-0.4, -0.2) is 33.8 Å². The van der Waals surface area contributed by atoms with Crippen molar-refractivity contribution >= 4 is 16.7 Å². The second-order valence-electron chi connectivity index (χ2n) is 8.46. The van der Waals surface area contributed by atoms with Crippen LogP contribution in [0.3, 0.4) is 0 Å². The van der Waals surface area contributed by atoms with E-state index in [1.807, 2.05) is 66.2 Å². The maximum atomic E-state index is 13.3. The lowest BCUT2D eigenvalue weighted by atomic mass is 10.1. The average molecular weight is 474 g/mol. The zero-order valence-corrected chi connectivity index (χ0v) is 20.5. The molecule has 0 saturated carbocycles. The molecule has 0 amide bonds. The van der Waals surface area contributed by atoms with Gasteiger partial charge in [-0.25, -0.2) is 4.68 Å². The molecule has 4 aromatic rings. The van der Waals surface area contributed by atoms with Crippen LogP contribution in [0.25, 0.3) is 16.6 Å². The first-order valence-corrected chi connectivity index (χ1v) is 12.0. The third-order valence-electron chi connectivity index (χ3n) is 6.08. The lowest BCUT2D eigenvalue weighted by molar-refractivity contribution is 0.0976. The van der Waals surface area contributed by atoms with Crippen molar-refractivity contribution in [3.05, 3.63) is 82.4 Å². The highest BCUT2D eigenvalue weighted by molar-refractivity contribution is 5.97. The van der Waals surface area contributed by atoms with Crippen molar-refractivity contribution in [2.24, 2.45) is 0 Å². The summed E-state index contributed by atoms with van der Waals surface area (Å²) in [6.07, 6.45) is 4.22. The summed E-state index contributed by atoms with van der Waals surface area (Å²) in [5, 5.41) is 0.915. The molecule has 35 heavy (non-hydrogen) atoms. The molecule has 0 N–H and O–H groups in total. The van der Waals surface area contributed by atoms with Gasteiger partial charge in [0, 0.05) is 36.3 Å². The first-order chi connectivity index (χ1) is 17.0. The first kappa shape index (κ1) is 24.3. The Morgan fingerprint density at radius 1 is 1.06 bits per heavy atom. The van der Waals surface area contributed by atoms with Gasteiger partial charge in [-0.3, -0.25) is 19.3 Å². The summed E-state index contributed by atoms with van der Waals surface area (Å²) in [6.45, 7) is 5.06. The van der Waals surface area contributed by atoms with Crippen LogP contribution in [0.5, 0.6) is 11.5 Å². The van der Waals surface area contributed by atoms with Crippen LogP contribution in [0.4, 0.5) is 0 Å². The molecular weight excluding hydrogens is 442 g/mol. The number of para-hydroxylation sites is 1. The Hall–Kier alpha value is -3.87. The summed E-state index contributed by atoms with van der Waals surface area (Å²) in [7, 11) is 1.63. The number of hydrogen-bond donors (Lipinski definition) is 0. The van der Waals surface area contributed by atoms with E-state index in [0.29, 0.717) is 32.4 Å². The minimum absolute atomic E-state index is 0.117. The molecule has 0 fully saturated rings. The number of benzene rings is 2. The molecule has 2 aromatic heterocycles. The second-order valence-corrected chi connectivity index (χ2v) is 8.46. The van der Waals surface area contributed by atoms with Gasteiger partial charge in [0.25, 0.3) is 5.56 Å². The van der Waals surface area contributed by atoms with Crippen molar-refractivity contribution < 1.29 is 14.3 Å². The second kappa shape index (κ2) is 11.0. The minimum atomic E-state index is -0.248. The molecule has 4 rings (SSSR count). The monoisotopic (exact) mass is 473 g/mol. The molecule has 7 heteroatoms. The molecule has 0 spiro atoms. The summed E-state index contributed by atoms with van der Waals surface area (Å²) in [5.74, 6) is 1.38. The quantitative estimate of drug-likeness (QED) is 0.217. The van der Waals surface area contributed by atoms with Gasteiger partial charge in [0.05, 0.1) is 24.9 Å². The van der Waals surface area contributed by atoms with Crippen molar-refractivity contribution in [3.63, 3.8) is 0 Å². The molecule has 0 unspecified atom stereocenters. The van der Waals surface area contributed by atoms with Crippen LogP contribution in [-0.2, 0) is 6.54 Å². The molecule has 0 radical (unpaired) electrons. The maximum absolute atomic E-state index is 13.3. The highest BCUT2D eigenvalue weighted by Gasteiger charge is 2.22. The topological polar surface area (TPSA) is 75.4 Å². The molecular formula is C28H31N3O4. The number of aromatic nitrogens is 3. The van der Waals surface area contributed by atoms with Gasteiger partial charge >= 0.3 is 0 Å². The molecule has 0 saturated heterocycles. The molecule has 0 aliphatic heterocycles. The number of carbonyl (C=O) groups is 1. The summed E-state index contributed by atoms with van der Waals surface area (Å²) >= 11 is 0. The maximum Gasteiger partial charge on any atom is 0.282 e. The van der Waals surface area contributed by atoms with E-state index < -0.39 is 0 Å². The third kappa shape index (κ3) is 5.14. The van der Waals surface area contributed by atoms with Crippen molar-refractivity contribution in [2.45, 2.75) is 46.1 Å². The Morgan fingerprint density at radius 2 is 1.86 bits per heavy atom. The van der Waals surface area contributed by atoms with E-state index in [1.54, 1.807) is 18.0 Å². The van der Waals surface area contributed by atoms with Gasteiger partial charge in [0.2, 0.25) is 0 Å².